The second-order valence-corrected chi connectivity index (χ2v) is 6.57. The van der Waals surface area contributed by atoms with Gasteiger partial charge in [-0.3, -0.25) is 4.79 Å². The number of esters is 1. The molecule has 8 heteroatoms. The van der Waals surface area contributed by atoms with Crippen molar-refractivity contribution < 1.29 is 13.9 Å². The van der Waals surface area contributed by atoms with Crippen LogP contribution in [0.1, 0.15) is 27.2 Å². The van der Waals surface area contributed by atoms with Gasteiger partial charge >= 0.3 is 11.7 Å². The van der Waals surface area contributed by atoms with Gasteiger partial charge in [0, 0.05) is 11.3 Å². The molecule has 3 rings (SSSR count). The van der Waals surface area contributed by atoms with E-state index in [0.29, 0.717) is 10.3 Å². The molecule has 0 saturated carbocycles. The van der Waals surface area contributed by atoms with Crippen molar-refractivity contribution in [3.8, 4) is 5.69 Å². The number of nitrogens with one attached hydrogen (secondary N) is 1. The summed E-state index contributed by atoms with van der Waals surface area (Å²) < 4.78 is 20.3. The van der Waals surface area contributed by atoms with Crippen molar-refractivity contribution in [2.45, 2.75) is 20.5 Å². The molecule has 0 aliphatic carbocycles. The molecule has 0 fully saturated rings. The van der Waals surface area contributed by atoms with E-state index in [1.54, 1.807) is 31.2 Å². The number of H-pyrrole nitrogens is 1. The molecule has 144 valence electrons. The molecule has 28 heavy (non-hydrogen) atoms. The lowest BCUT2D eigenvalue weighted by Gasteiger charge is -2.12. The molecule has 0 unspecified atom stereocenters. The quantitative estimate of drug-likeness (QED) is 0.679. The van der Waals surface area contributed by atoms with Crippen molar-refractivity contribution in [3.05, 3.63) is 96.5 Å². The van der Waals surface area contributed by atoms with E-state index in [2.05, 4.69) is 4.98 Å². The SMILES string of the molecule is Cc1[nH]c(=O)n(-c2cc(C(=O)OCc3ccccc3)c(Cl)cc2F)c(=O)c1C. The van der Waals surface area contributed by atoms with E-state index in [-0.39, 0.29) is 28.4 Å². The second-order valence-electron chi connectivity index (χ2n) is 6.17. The van der Waals surface area contributed by atoms with Gasteiger partial charge in [0.25, 0.3) is 5.56 Å². The first-order valence-corrected chi connectivity index (χ1v) is 8.70. The molecule has 0 amide bonds. The third-order valence-corrected chi connectivity index (χ3v) is 4.61. The zero-order valence-electron chi connectivity index (χ0n) is 15.1. The van der Waals surface area contributed by atoms with Crippen LogP contribution in [0.25, 0.3) is 5.69 Å². The maximum atomic E-state index is 14.5. The van der Waals surface area contributed by atoms with Crippen LogP contribution in [-0.2, 0) is 11.3 Å². The van der Waals surface area contributed by atoms with E-state index in [0.717, 1.165) is 17.7 Å². The summed E-state index contributed by atoms with van der Waals surface area (Å²) in [4.78, 5) is 39.6. The number of halogens is 2. The molecule has 1 heterocycles. The minimum atomic E-state index is -0.916. The van der Waals surface area contributed by atoms with Crippen LogP contribution in [0, 0.1) is 19.7 Å². The molecule has 0 atom stereocenters. The molecular weight excluding hydrogens is 387 g/mol. The maximum Gasteiger partial charge on any atom is 0.340 e. The number of nitrogens with zero attached hydrogens (tertiary/aromatic N) is 1. The van der Waals surface area contributed by atoms with Crippen LogP contribution < -0.4 is 11.2 Å². The zero-order valence-corrected chi connectivity index (χ0v) is 15.8. The van der Waals surface area contributed by atoms with Crippen LogP contribution in [-0.4, -0.2) is 15.5 Å². The van der Waals surface area contributed by atoms with Gasteiger partial charge in [0.05, 0.1) is 16.3 Å². The lowest BCUT2D eigenvalue weighted by molar-refractivity contribution is 0.0473. The fraction of sp³-hybridized carbons (Fsp3) is 0.150. The lowest BCUT2D eigenvalue weighted by Crippen LogP contribution is -2.36. The Hall–Kier alpha value is -3.19. The molecule has 0 saturated heterocycles. The van der Waals surface area contributed by atoms with Crippen molar-refractivity contribution in [1.29, 1.82) is 0 Å². The highest BCUT2D eigenvalue weighted by Crippen LogP contribution is 2.23. The fourth-order valence-corrected chi connectivity index (χ4v) is 2.84. The van der Waals surface area contributed by atoms with Gasteiger partial charge in [-0.1, -0.05) is 41.9 Å². The summed E-state index contributed by atoms with van der Waals surface area (Å²) in [5.41, 5.74) is -0.658. The van der Waals surface area contributed by atoms with E-state index in [1.807, 2.05) is 6.07 Å². The Balaban J connectivity index is 2.02. The Morgan fingerprint density at radius 2 is 1.86 bits per heavy atom. The maximum absolute atomic E-state index is 14.5. The van der Waals surface area contributed by atoms with Crippen molar-refractivity contribution in [2.24, 2.45) is 0 Å². The first-order chi connectivity index (χ1) is 13.3. The van der Waals surface area contributed by atoms with E-state index < -0.39 is 23.0 Å². The monoisotopic (exact) mass is 402 g/mol. The summed E-state index contributed by atoms with van der Waals surface area (Å²) in [5, 5.41) is -0.187. The number of aryl methyl sites for hydroxylation is 1. The minimum Gasteiger partial charge on any atom is -0.457 e. The first-order valence-electron chi connectivity index (χ1n) is 8.32. The third kappa shape index (κ3) is 3.75. The highest BCUT2D eigenvalue weighted by molar-refractivity contribution is 6.33. The molecule has 0 bridgehead atoms. The van der Waals surface area contributed by atoms with Crippen LogP contribution in [0.2, 0.25) is 5.02 Å². The van der Waals surface area contributed by atoms with Crippen molar-refractivity contribution >= 4 is 17.6 Å². The Morgan fingerprint density at radius 1 is 1.18 bits per heavy atom. The van der Waals surface area contributed by atoms with Crippen LogP contribution in [0.15, 0.2) is 52.1 Å². The average molecular weight is 403 g/mol. The molecule has 1 N–H and O–H groups in total. The smallest absolute Gasteiger partial charge is 0.340 e. The van der Waals surface area contributed by atoms with E-state index in [1.165, 1.54) is 6.92 Å². The number of hydrogen-bond donors (Lipinski definition) is 1. The topological polar surface area (TPSA) is 81.2 Å². The Morgan fingerprint density at radius 3 is 2.54 bits per heavy atom. The predicted octanol–water partition coefficient (Wildman–Crippen LogP) is 3.29. The Kier molecular flexibility index (Phi) is 5.46. The number of aromatic nitrogens is 2. The summed E-state index contributed by atoms with van der Waals surface area (Å²) in [5.74, 6) is -1.72. The van der Waals surface area contributed by atoms with Crippen LogP contribution >= 0.6 is 11.6 Å². The normalized spacial score (nSPS) is 10.7. The molecule has 0 aliphatic heterocycles. The van der Waals surface area contributed by atoms with Crippen LogP contribution in [0.5, 0.6) is 0 Å². The number of hydrogen-bond acceptors (Lipinski definition) is 4. The minimum absolute atomic E-state index is 0.00706. The highest BCUT2D eigenvalue weighted by atomic mass is 35.5. The molecule has 1 aromatic heterocycles. The largest absolute Gasteiger partial charge is 0.457 e. The lowest BCUT2D eigenvalue weighted by atomic mass is 10.1. The average Bonchev–Trinajstić information content (AvgIpc) is 2.66. The molecule has 6 nitrogen and oxygen atoms in total. The number of aromatic amines is 1. The predicted molar refractivity (Wildman–Crippen MR) is 103 cm³/mol. The van der Waals surface area contributed by atoms with Gasteiger partial charge in [-0.05, 0) is 31.5 Å². The number of carbonyl (C=O) groups is 1. The summed E-state index contributed by atoms with van der Waals surface area (Å²) in [6, 6.07) is 10.9. The molecule has 0 radical (unpaired) electrons. The van der Waals surface area contributed by atoms with Crippen molar-refractivity contribution in [2.75, 3.05) is 0 Å². The van der Waals surface area contributed by atoms with Crippen molar-refractivity contribution in [3.63, 3.8) is 0 Å². The Bertz CT molecular complexity index is 1170. The van der Waals surface area contributed by atoms with E-state index in [9.17, 15) is 18.8 Å². The number of benzene rings is 2. The van der Waals surface area contributed by atoms with Crippen molar-refractivity contribution in [1.82, 2.24) is 9.55 Å². The van der Waals surface area contributed by atoms with Gasteiger partial charge in [-0.2, -0.15) is 0 Å². The van der Waals surface area contributed by atoms with Crippen LogP contribution in [0.4, 0.5) is 4.39 Å². The molecule has 0 spiro atoms. The third-order valence-electron chi connectivity index (χ3n) is 4.29. The summed E-state index contributed by atoms with van der Waals surface area (Å²) in [6.07, 6.45) is 0. The van der Waals surface area contributed by atoms with E-state index in [4.69, 9.17) is 16.3 Å². The van der Waals surface area contributed by atoms with E-state index >= 15 is 0 Å². The summed E-state index contributed by atoms with van der Waals surface area (Å²) in [6.45, 7) is 3.06. The van der Waals surface area contributed by atoms with Gasteiger partial charge in [0.1, 0.15) is 12.4 Å². The molecule has 2 aromatic carbocycles. The number of carbonyl (C=O) groups excluding carboxylic acids is 1. The summed E-state index contributed by atoms with van der Waals surface area (Å²) >= 11 is 5.99. The second kappa shape index (κ2) is 7.82. The van der Waals surface area contributed by atoms with Gasteiger partial charge in [0.2, 0.25) is 0 Å². The first kappa shape index (κ1) is 19.6. The molecule has 3 aromatic rings. The van der Waals surface area contributed by atoms with Gasteiger partial charge < -0.3 is 9.72 Å². The Labute approximate surface area is 164 Å². The number of ether oxygens (including phenoxy) is 1. The molecule has 0 aliphatic rings. The van der Waals surface area contributed by atoms with Gasteiger partial charge in [-0.25, -0.2) is 18.5 Å². The summed E-state index contributed by atoms with van der Waals surface area (Å²) in [7, 11) is 0. The fourth-order valence-electron chi connectivity index (χ4n) is 2.62. The van der Waals surface area contributed by atoms with Gasteiger partial charge in [0.15, 0.2) is 0 Å². The number of rotatable bonds is 4. The molecular formula is C20H16ClFN2O4. The van der Waals surface area contributed by atoms with Gasteiger partial charge in [-0.15, -0.1) is 0 Å². The van der Waals surface area contributed by atoms with Crippen LogP contribution in [0.3, 0.4) is 0 Å². The zero-order chi connectivity index (χ0) is 20.4. The standard InChI is InChI=1S/C20H16ClFN2O4/c1-11-12(2)23-20(27)24(18(11)25)17-8-14(15(21)9-16(17)22)19(26)28-10-13-6-4-3-5-7-13/h3-9H,10H2,1-2H3,(H,23,27). The highest BCUT2D eigenvalue weighted by Gasteiger charge is 2.20.